The zero-order valence-electron chi connectivity index (χ0n) is 13.4. The Balaban J connectivity index is 1.98. The van der Waals surface area contributed by atoms with E-state index in [2.05, 4.69) is 0 Å². The van der Waals surface area contributed by atoms with Crippen molar-refractivity contribution in [3.63, 3.8) is 0 Å². The van der Waals surface area contributed by atoms with Crippen molar-refractivity contribution in [2.45, 2.75) is 38.8 Å². The molecular formula is C18H21NO4. The van der Waals surface area contributed by atoms with Crippen LogP contribution in [0.4, 0.5) is 0 Å². The van der Waals surface area contributed by atoms with E-state index in [0.717, 1.165) is 24.0 Å². The molecule has 1 aromatic rings. The van der Waals surface area contributed by atoms with Crippen molar-refractivity contribution in [3.8, 4) is 0 Å². The molecule has 23 heavy (non-hydrogen) atoms. The zero-order chi connectivity index (χ0) is 16.6. The van der Waals surface area contributed by atoms with E-state index in [1.807, 2.05) is 31.2 Å². The van der Waals surface area contributed by atoms with Gasteiger partial charge in [-0.2, -0.15) is 0 Å². The first-order chi connectivity index (χ1) is 11.0. The fourth-order valence-electron chi connectivity index (χ4n) is 3.30. The molecule has 1 saturated heterocycles. The normalized spacial score (nSPS) is 24.6. The Morgan fingerprint density at radius 3 is 2.61 bits per heavy atom. The van der Waals surface area contributed by atoms with Crippen molar-refractivity contribution in [1.82, 2.24) is 4.90 Å². The number of rotatable bonds is 4. The van der Waals surface area contributed by atoms with Gasteiger partial charge < -0.3 is 14.7 Å². The maximum absolute atomic E-state index is 12.5. The van der Waals surface area contributed by atoms with Crippen LogP contribution in [0, 0.1) is 6.92 Å². The molecule has 0 bridgehead atoms. The molecule has 0 aromatic heterocycles. The molecule has 1 N–H and O–H groups in total. The van der Waals surface area contributed by atoms with Gasteiger partial charge in [0.1, 0.15) is 0 Å². The first-order valence-corrected chi connectivity index (χ1v) is 7.92. The number of hydrogen-bond acceptors (Lipinski definition) is 4. The quantitative estimate of drug-likeness (QED) is 0.927. The third kappa shape index (κ3) is 2.88. The van der Waals surface area contributed by atoms with Crippen LogP contribution < -0.4 is 0 Å². The van der Waals surface area contributed by atoms with Gasteiger partial charge in [0, 0.05) is 13.2 Å². The van der Waals surface area contributed by atoms with E-state index in [1.54, 1.807) is 4.90 Å². The van der Waals surface area contributed by atoms with Gasteiger partial charge in [0.05, 0.1) is 17.7 Å². The fraction of sp³-hybridized carbons (Fsp3) is 0.444. The highest BCUT2D eigenvalue weighted by atomic mass is 16.5. The number of carbonyl (C=O) groups is 2. The Morgan fingerprint density at radius 1 is 1.35 bits per heavy atom. The Kier molecular flexibility index (Phi) is 4.22. The van der Waals surface area contributed by atoms with Crippen molar-refractivity contribution in [1.29, 1.82) is 0 Å². The summed E-state index contributed by atoms with van der Waals surface area (Å²) in [5.74, 6) is -1.20. The Morgan fingerprint density at radius 2 is 2.04 bits per heavy atom. The van der Waals surface area contributed by atoms with Crippen LogP contribution in [0.15, 0.2) is 35.6 Å². The number of hydrogen-bond donors (Lipinski definition) is 1. The SMILES string of the molecule is CC(=O)C1=C(O)C(=O)N(C[C@@H]2CCCO2)[C@H]1c1ccc(C)cc1. The van der Waals surface area contributed by atoms with E-state index in [0.29, 0.717) is 13.2 Å². The number of carbonyl (C=O) groups excluding carboxylic acids is 2. The fourth-order valence-corrected chi connectivity index (χ4v) is 3.30. The molecule has 2 aliphatic heterocycles. The maximum Gasteiger partial charge on any atom is 0.290 e. The van der Waals surface area contributed by atoms with Crippen LogP contribution in [0.1, 0.15) is 36.9 Å². The number of ketones is 1. The van der Waals surface area contributed by atoms with E-state index >= 15 is 0 Å². The third-order valence-electron chi connectivity index (χ3n) is 4.50. The number of benzene rings is 1. The van der Waals surface area contributed by atoms with Crippen LogP contribution in [0.3, 0.4) is 0 Å². The number of amides is 1. The first kappa shape index (κ1) is 15.7. The summed E-state index contributed by atoms with van der Waals surface area (Å²) < 4.78 is 5.62. The van der Waals surface area contributed by atoms with E-state index < -0.39 is 17.7 Å². The van der Waals surface area contributed by atoms with Gasteiger partial charge in [0.2, 0.25) is 0 Å². The van der Waals surface area contributed by atoms with Crippen LogP contribution in [0.5, 0.6) is 0 Å². The molecule has 1 amide bonds. The van der Waals surface area contributed by atoms with Crippen LogP contribution in [-0.4, -0.2) is 41.0 Å². The average Bonchev–Trinajstić information content (AvgIpc) is 3.10. The number of aliphatic hydroxyl groups is 1. The Hall–Kier alpha value is -2.14. The molecule has 1 fully saturated rings. The average molecular weight is 315 g/mol. The second-order valence-electron chi connectivity index (χ2n) is 6.22. The van der Waals surface area contributed by atoms with Crippen LogP contribution >= 0.6 is 0 Å². The first-order valence-electron chi connectivity index (χ1n) is 7.92. The highest BCUT2D eigenvalue weighted by molar-refractivity contribution is 6.08. The van der Waals surface area contributed by atoms with Gasteiger partial charge in [0.15, 0.2) is 11.5 Å². The smallest absolute Gasteiger partial charge is 0.290 e. The second kappa shape index (κ2) is 6.16. The van der Waals surface area contributed by atoms with Gasteiger partial charge in [-0.3, -0.25) is 9.59 Å². The topological polar surface area (TPSA) is 66.8 Å². The van der Waals surface area contributed by atoms with Crippen LogP contribution in [-0.2, 0) is 14.3 Å². The summed E-state index contributed by atoms with van der Waals surface area (Å²) in [7, 11) is 0. The minimum atomic E-state index is -0.537. The van der Waals surface area contributed by atoms with Crippen molar-refractivity contribution >= 4 is 11.7 Å². The molecule has 2 aliphatic rings. The molecule has 2 heterocycles. The number of nitrogens with zero attached hydrogens (tertiary/aromatic N) is 1. The molecule has 5 nitrogen and oxygen atoms in total. The van der Waals surface area contributed by atoms with Crippen molar-refractivity contribution in [2.24, 2.45) is 0 Å². The van der Waals surface area contributed by atoms with Crippen molar-refractivity contribution < 1.29 is 19.4 Å². The van der Waals surface area contributed by atoms with E-state index in [4.69, 9.17) is 4.74 Å². The molecule has 122 valence electrons. The van der Waals surface area contributed by atoms with Gasteiger partial charge >= 0.3 is 0 Å². The summed E-state index contributed by atoms with van der Waals surface area (Å²) in [6.07, 6.45) is 1.83. The largest absolute Gasteiger partial charge is 0.503 e. The molecule has 0 unspecified atom stereocenters. The summed E-state index contributed by atoms with van der Waals surface area (Å²) >= 11 is 0. The lowest BCUT2D eigenvalue weighted by atomic mass is 9.96. The van der Waals surface area contributed by atoms with E-state index in [-0.39, 0.29) is 17.5 Å². The molecule has 0 spiro atoms. The molecule has 2 atom stereocenters. The lowest BCUT2D eigenvalue weighted by molar-refractivity contribution is -0.131. The molecule has 1 aromatic carbocycles. The summed E-state index contributed by atoms with van der Waals surface area (Å²) in [5.41, 5.74) is 2.11. The van der Waals surface area contributed by atoms with Crippen molar-refractivity contribution in [2.75, 3.05) is 13.2 Å². The third-order valence-corrected chi connectivity index (χ3v) is 4.50. The van der Waals surface area contributed by atoms with E-state index in [1.165, 1.54) is 6.92 Å². The standard InChI is InChI=1S/C18H21NO4/c1-11-5-7-13(8-6-11)16-15(12(2)20)17(21)18(22)19(16)10-14-4-3-9-23-14/h5-8,14,16,21H,3-4,9-10H2,1-2H3/t14-,16-/m0/s1. The summed E-state index contributed by atoms with van der Waals surface area (Å²) in [6, 6.07) is 7.15. The predicted octanol–water partition coefficient (Wildman–Crippen LogP) is 2.46. The molecule has 0 radical (unpaired) electrons. The summed E-state index contributed by atoms with van der Waals surface area (Å²) in [5, 5.41) is 10.2. The molecular weight excluding hydrogens is 294 g/mol. The lowest BCUT2D eigenvalue weighted by Crippen LogP contribution is -2.37. The lowest BCUT2D eigenvalue weighted by Gasteiger charge is -2.28. The van der Waals surface area contributed by atoms with Crippen LogP contribution in [0.25, 0.3) is 0 Å². The monoisotopic (exact) mass is 315 g/mol. The molecule has 0 saturated carbocycles. The minimum absolute atomic E-state index is 0.0361. The van der Waals surface area contributed by atoms with Gasteiger partial charge in [-0.15, -0.1) is 0 Å². The molecule has 5 heteroatoms. The summed E-state index contributed by atoms with van der Waals surface area (Å²) in [6.45, 7) is 4.45. The zero-order valence-corrected chi connectivity index (χ0v) is 13.4. The number of aryl methyl sites for hydroxylation is 1. The molecule has 3 rings (SSSR count). The second-order valence-corrected chi connectivity index (χ2v) is 6.22. The van der Waals surface area contributed by atoms with Gasteiger partial charge in [-0.1, -0.05) is 29.8 Å². The predicted molar refractivity (Wildman–Crippen MR) is 84.9 cm³/mol. The minimum Gasteiger partial charge on any atom is -0.503 e. The van der Waals surface area contributed by atoms with Gasteiger partial charge in [-0.05, 0) is 32.3 Å². The maximum atomic E-state index is 12.5. The Bertz CT molecular complexity index is 656. The van der Waals surface area contributed by atoms with Gasteiger partial charge in [0.25, 0.3) is 5.91 Å². The Labute approximate surface area is 135 Å². The number of aliphatic hydroxyl groups excluding tert-OH is 1. The van der Waals surface area contributed by atoms with E-state index in [9.17, 15) is 14.7 Å². The van der Waals surface area contributed by atoms with Gasteiger partial charge in [-0.25, -0.2) is 0 Å². The van der Waals surface area contributed by atoms with Crippen LogP contribution in [0.2, 0.25) is 0 Å². The highest BCUT2D eigenvalue weighted by Crippen LogP contribution is 2.38. The summed E-state index contributed by atoms with van der Waals surface area (Å²) in [4.78, 5) is 26.0. The highest BCUT2D eigenvalue weighted by Gasteiger charge is 2.43. The molecule has 0 aliphatic carbocycles. The number of Topliss-reactive ketones (excluding diaryl/α,β-unsaturated/α-hetero) is 1. The van der Waals surface area contributed by atoms with Crippen molar-refractivity contribution in [3.05, 3.63) is 46.7 Å². The number of ether oxygens (including phenoxy) is 1.